The zero-order valence-corrected chi connectivity index (χ0v) is 15.1. The second-order valence-electron chi connectivity index (χ2n) is 6.46. The van der Waals surface area contributed by atoms with Gasteiger partial charge >= 0.3 is 0 Å². The topological polar surface area (TPSA) is 22.3 Å². The number of imidazole rings is 1. The van der Waals surface area contributed by atoms with Crippen molar-refractivity contribution in [2.24, 2.45) is 0 Å². The molecule has 1 aromatic heterocycles. The lowest BCUT2D eigenvalue weighted by Gasteiger charge is -2.27. The third-order valence-electron chi connectivity index (χ3n) is 4.84. The minimum Gasteiger partial charge on any atom is -0.379 e. The van der Waals surface area contributed by atoms with Gasteiger partial charge in [-0.3, -0.25) is 4.90 Å². The van der Waals surface area contributed by atoms with E-state index in [-0.39, 0.29) is 0 Å². The summed E-state index contributed by atoms with van der Waals surface area (Å²) < 4.78 is 10.9. The maximum absolute atomic E-state index is 5.84. The van der Waals surface area contributed by atoms with Crippen LogP contribution in [0.3, 0.4) is 0 Å². The molecule has 0 N–H and O–H groups in total. The van der Waals surface area contributed by atoms with Crippen LogP contribution < -0.4 is 0 Å². The maximum Gasteiger partial charge on any atom is 0.181 e. The molecule has 2 heterocycles. The highest BCUT2D eigenvalue weighted by Crippen LogP contribution is 2.19. The summed E-state index contributed by atoms with van der Waals surface area (Å²) in [6, 6.07) is 19.1. The number of rotatable bonds is 5. The van der Waals surface area contributed by atoms with E-state index < -0.39 is 0 Å². The van der Waals surface area contributed by atoms with Crippen LogP contribution in [0.4, 0.5) is 0 Å². The van der Waals surface area contributed by atoms with Gasteiger partial charge in [0.25, 0.3) is 0 Å². The van der Waals surface area contributed by atoms with E-state index in [9.17, 15) is 0 Å². The van der Waals surface area contributed by atoms with Crippen molar-refractivity contribution in [1.82, 2.24) is 14.0 Å². The van der Waals surface area contributed by atoms with E-state index in [2.05, 4.69) is 68.6 Å². The molecule has 1 aliphatic rings. The first-order valence-electron chi connectivity index (χ1n) is 8.85. The summed E-state index contributed by atoms with van der Waals surface area (Å²) in [6.45, 7) is 5.27. The third kappa shape index (κ3) is 3.54. The van der Waals surface area contributed by atoms with Crippen LogP contribution in [-0.4, -0.2) is 40.3 Å². The summed E-state index contributed by atoms with van der Waals surface area (Å²) in [7, 11) is 0. The Balaban J connectivity index is 1.64. The smallest absolute Gasteiger partial charge is 0.181 e. The Morgan fingerprint density at radius 1 is 0.840 bits per heavy atom. The van der Waals surface area contributed by atoms with Crippen molar-refractivity contribution in [1.29, 1.82) is 0 Å². The number of nitrogens with zero attached hydrogens (tertiary/aromatic N) is 3. The van der Waals surface area contributed by atoms with E-state index in [1.165, 1.54) is 16.6 Å². The number of aromatic nitrogens is 2. The Kier molecular flexibility index (Phi) is 4.97. The number of fused-ring (bicyclic) bond motifs is 1. The van der Waals surface area contributed by atoms with Gasteiger partial charge in [0.1, 0.15) is 0 Å². The average Bonchev–Trinajstić information content (AvgIpc) is 2.93. The van der Waals surface area contributed by atoms with Gasteiger partial charge in [0, 0.05) is 19.6 Å². The lowest BCUT2D eigenvalue weighted by molar-refractivity contribution is 0.0238. The fourth-order valence-corrected chi connectivity index (χ4v) is 3.80. The van der Waals surface area contributed by atoms with Gasteiger partial charge in [-0.25, -0.2) is 0 Å². The molecule has 4 nitrogen and oxygen atoms in total. The molecular weight excluding hydrogens is 330 g/mol. The molecule has 0 aliphatic carbocycles. The Hall–Kier alpha value is -1.95. The monoisotopic (exact) mass is 353 g/mol. The molecule has 0 saturated carbocycles. The molecule has 1 fully saturated rings. The number of ether oxygens (including phenoxy) is 1. The molecule has 1 aliphatic heterocycles. The first-order valence-corrected chi connectivity index (χ1v) is 9.26. The molecule has 130 valence electrons. The molecule has 4 rings (SSSR count). The number of benzene rings is 2. The minimum atomic E-state index is 0.806. The first kappa shape index (κ1) is 16.5. The predicted molar refractivity (Wildman–Crippen MR) is 103 cm³/mol. The zero-order chi connectivity index (χ0) is 17.1. The second kappa shape index (κ2) is 7.52. The second-order valence-corrected chi connectivity index (χ2v) is 6.82. The Labute approximate surface area is 153 Å². The molecule has 0 spiro atoms. The van der Waals surface area contributed by atoms with Gasteiger partial charge in [-0.1, -0.05) is 42.5 Å². The number of aryl methyl sites for hydroxylation is 2. The molecule has 0 atom stereocenters. The molecule has 0 bridgehead atoms. The van der Waals surface area contributed by atoms with Crippen molar-refractivity contribution < 1.29 is 4.74 Å². The van der Waals surface area contributed by atoms with Crippen LogP contribution in [0.1, 0.15) is 5.56 Å². The van der Waals surface area contributed by atoms with Crippen LogP contribution >= 0.6 is 12.2 Å². The molecule has 5 heteroatoms. The lowest BCUT2D eigenvalue weighted by Crippen LogP contribution is -2.37. The van der Waals surface area contributed by atoms with Crippen LogP contribution in [0.2, 0.25) is 0 Å². The molecule has 25 heavy (non-hydrogen) atoms. The summed E-state index contributed by atoms with van der Waals surface area (Å²) in [5.41, 5.74) is 3.78. The highest BCUT2D eigenvalue weighted by molar-refractivity contribution is 7.71. The van der Waals surface area contributed by atoms with Gasteiger partial charge in [-0.05, 0) is 36.3 Å². The van der Waals surface area contributed by atoms with Crippen molar-refractivity contribution in [3.63, 3.8) is 0 Å². The maximum atomic E-state index is 5.84. The Morgan fingerprint density at radius 3 is 2.20 bits per heavy atom. The van der Waals surface area contributed by atoms with Gasteiger partial charge in [-0.2, -0.15) is 0 Å². The SMILES string of the molecule is S=c1n(CCc2ccccc2)c2ccccc2n1CN1CCOCC1. The van der Waals surface area contributed by atoms with E-state index >= 15 is 0 Å². The van der Waals surface area contributed by atoms with E-state index in [1.54, 1.807) is 0 Å². The molecule has 2 aromatic carbocycles. The third-order valence-corrected chi connectivity index (χ3v) is 5.28. The van der Waals surface area contributed by atoms with Gasteiger partial charge in [0.2, 0.25) is 0 Å². The van der Waals surface area contributed by atoms with Crippen LogP contribution in [-0.2, 0) is 24.4 Å². The molecular formula is C20H23N3OS. The predicted octanol–water partition coefficient (Wildman–Crippen LogP) is 3.70. The van der Waals surface area contributed by atoms with Gasteiger partial charge in [0.15, 0.2) is 4.77 Å². The van der Waals surface area contributed by atoms with Crippen LogP contribution in [0.25, 0.3) is 11.0 Å². The fourth-order valence-electron chi connectivity index (χ4n) is 3.45. The summed E-state index contributed by atoms with van der Waals surface area (Å²) in [5.74, 6) is 0. The van der Waals surface area contributed by atoms with E-state index in [1.807, 2.05) is 0 Å². The van der Waals surface area contributed by atoms with Crippen molar-refractivity contribution in [3.8, 4) is 0 Å². The zero-order valence-electron chi connectivity index (χ0n) is 14.3. The summed E-state index contributed by atoms with van der Waals surface area (Å²) in [4.78, 5) is 2.41. The van der Waals surface area contributed by atoms with Crippen molar-refractivity contribution in [2.75, 3.05) is 26.3 Å². The van der Waals surface area contributed by atoms with E-state index in [0.717, 1.165) is 50.7 Å². The van der Waals surface area contributed by atoms with Gasteiger partial charge in [0.05, 0.1) is 30.9 Å². The number of para-hydroxylation sites is 2. The minimum absolute atomic E-state index is 0.806. The summed E-state index contributed by atoms with van der Waals surface area (Å²) >= 11 is 5.84. The van der Waals surface area contributed by atoms with Crippen LogP contribution in [0.15, 0.2) is 54.6 Å². The molecule has 0 radical (unpaired) electrons. The normalized spacial score (nSPS) is 15.7. The van der Waals surface area contributed by atoms with E-state index in [0.29, 0.717) is 0 Å². The number of hydrogen-bond donors (Lipinski definition) is 0. The van der Waals surface area contributed by atoms with Crippen molar-refractivity contribution in [3.05, 3.63) is 64.9 Å². The molecule has 0 amide bonds. The number of morpholine rings is 1. The first-order chi connectivity index (χ1) is 12.3. The molecule has 3 aromatic rings. The standard InChI is InChI=1S/C20H23N3OS/c25-20-22(11-10-17-6-2-1-3-7-17)18-8-4-5-9-19(18)23(20)16-21-12-14-24-15-13-21/h1-9H,10-16H2. The van der Waals surface area contributed by atoms with E-state index in [4.69, 9.17) is 17.0 Å². The van der Waals surface area contributed by atoms with Crippen molar-refractivity contribution in [2.45, 2.75) is 19.6 Å². The van der Waals surface area contributed by atoms with Gasteiger partial charge in [-0.15, -0.1) is 0 Å². The largest absolute Gasteiger partial charge is 0.379 e. The highest BCUT2D eigenvalue weighted by Gasteiger charge is 2.15. The fraction of sp³-hybridized carbons (Fsp3) is 0.350. The quantitative estimate of drug-likeness (QED) is 0.653. The van der Waals surface area contributed by atoms with Crippen molar-refractivity contribution >= 4 is 23.3 Å². The highest BCUT2D eigenvalue weighted by atomic mass is 32.1. The van der Waals surface area contributed by atoms with Crippen LogP contribution in [0, 0.1) is 4.77 Å². The lowest BCUT2D eigenvalue weighted by atomic mass is 10.1. The average molecular weight is 353 g/mol. The summed E-state index contributed by atoms with van der Waals surface area (Å²) in [5, 5.41) is 0. The molecule has 1 saturated heterocycles. The van der Waals surface area contributed by atoms with Gasteiger partial charge < -0.3 is 13.9 Å². The summed E-state index contributed by atoms with van der Waals surface area (Å²) in [6.07, 6.45) is 0.987. The Morgan fingerprint density at radius 2 is 1.48 bits per heavy atom. The Bertz CT molecular complexity index is 894. The number of hydrogen-bond acceptors (Lipinski definition) is 3. The van der Waals surface area contributed by atoms with Crippen LogP contribution in [0.5, 0.6) is 0 Å². The molecule has 0 unspecified atom stereocenters.